The summed E-state index contributed by atoms with van der Waals surface area (Å²) in [6.07, 6.45) is 1.82. The van der Waals surface area contributed by atoms with Crippen LogP contribution in [0.25, 0.3) is 10.9 Å². The summed E-state index contributed by atoms with van der Waals surface area (Å²) in [6.45, 7) is 2.99. The highest BCUT2D eigenvalue weighted by Gasteiger charge is 2.23. The molecule has 2 heterocycles. The van der Waals surface area contributed by atoms with E-state index < -0.39 is 5.97 Å². The first-order valence-electron chi connectivity index (χ1n) is 12.1. The number of piperazine rings is 1. The highest BCUT2D eigenvalue weighted by molar-refractivity contribution is 6.04. The molecule has 36 heavy (non-hydrogen) atoms. The molecule has 0 atom stereocenters. The number of rotatable bonds is 7. The van der Waals surface area contributed by atoms with Crippen LogP contribution in [-0.2, 0) is 16.1 Å². The zero-order valence-electron chi connectivity index (χ0n) is 20.3. The van der Waals surface area contributed by atoms with Gasteiger partial charge in [-0.2, -0.15) is 0 Å². The maximum Gasteiger partial charge on any atom is 0.340 e. The third-order valence-electron chi connectivity index (χ3n) is 6.60. The lowest BCUT2D eigenvalue weighted by atomic mass is 10.2. The van der Waals surface area contributed by atoms with Crippen molar-refractivity contribution in [3.05, 3.63) is 96.2 Å². The molecule has 0 saturated carbocycles. The number of esters is 1. The number of aromatic nitrogens is 1. The number of carbonyl (C=O) groups excluding carboxylic acids is 2. The second-order valence-electron chi connectivity index (χ2n) is 8.82. The number of fused-ring (bicyclic) bond motifs is 1. The van der Waals surface area contributed by atoms with E-state index in [1.54, 1.807) is 12.0 Å². The van der Waals surface area contributed by atoms with Crippen LogP contribution in [0, 0.1) is 0 Å². The fourth-order valence-electron chi connectivity index (χ4n) is 4.62. The average Bonchev–Trinajstić information content (AvgIpc) is 3.30. The summed E-state index contributed by atoms with van der Waals surface area (Å²) < 4.78 is 12.7. The van der Waals surface area contributed by atoms with Crippen LogP contribution in [0.3, 0.4) is 0 Å². The van der Waals surface area contributed by atoms with Crippen LogP contribution < -0.4 is 9.64 Å². The van der Waals surface area contributed by atoms with Crippen LogP contribution in [0.4, 0.5) is 5.69 Å². The fraction of sp³-hybridized carbons (Fsp3) is 0.241. The first kappa shape index (κ1) is 23.5. The molecule has 0 N–H and O–H groups in total. The molecule has 1 fully saturated rings. The number of hydrogen-bond acceptors (Lipinski definition) is 5. The van der Waals surface area contributed by atoms with E-state index >= 15 is 0 Å². The molecule has 184 valence electrons. The minimum Gasteiger partial charge on any atom is -0.497 e. The highest BCUT2D eigenvalue weighted by atomic mass is 16.5. The van der Waals surface area contributed by atoms with Crippen LogP contribution in [0.15, 0.2) is 85.1 Å². The molecule has 1 aliphatic heterocycles. The summed E-state index contributed by atoms with van der Waals surface area (Å²) in [5.74, 6) is 0.159. The smallest absolute Gasteiger partial charge is 0.340 e. The van der Waals surface area contributed by atoms with E-state index in [4.69, 9.17) is 9.47 Å². The average molecular weight is 484 g/mol. The Morgan fingerprint density at radius 2 is 1.53 bits per heavy atom. The maximum absolute atomic E-state index is 13.0. The zero-order valence-corrected chi connectivity index (χ0v) is 20.3. The second kappa shape index (κ2) is 10.6. The predicted octanol–water partition coefficient (Wildman–Crippen LogP) is 4.20. The van der Waals surface area contributed by atoms with Gasteiger partial charge in [-0.1, -0.05) is 48.5 Å². The largest absolute Gasteiger partial charge is 0.497 e. The van der Waals surface area contributed by atoms with Crippen molar-refractivity contribution < 1.29 is 19.1 Å². The number of amides is 1. The first-order chi connectivity index (χ1) is 17.6. The van der Waals surface area contributed by atoms with Gasteiger partial charge in [-0.05, 0) is 35.9 Å². The van der Waals surface area contributed by atoms with Crippen LogP contribution in [0.1, 0.15) is 15.9 Å². The van der Waals surface area contributed by atoms with Gasteiger partial charge in [0.05, 0.1) is 12.7 Å². The third-order valence-corrected chi connectivity index (χ3v) is 6.60. The topological polar surface area (TPSA) is 64.0 Å². The van der Waals surface area contributed by atoms with Gasteiger partial charge in [0, 0.05) is 55.5 Å². The Morgan fingerprint density at radius 3 is 2.25 bits per heavy atom. The summed E-state index contributed by atoms with van der Waals surface area (Å²) in [7, 11) is 1.65. The zero-order chi connectivity index (χ0) is 24.9. The van der Waals surface area contributed by atoms with Crippen molar-refractivity contribution in [3.63, 3.8) is 0 Å². The summed E-state index contributed by atoms with van der Waals surface area (Å²) in [5.41, 5.74) is 3.66. The fourth-order valence-corrected chi connectivity index (χ4v) is 4.62. The Labute approximate surface area is 210 Å². The van der Waals surface area contributed by atoms with Crippen LogP contribution >= 0.6 is 0 Å². The molecule has 1 aromatic heterocycles. The van der Waals surface area contributed by atoms with E-state index in [0.29, 0.717) is 25.2 Å². The number of para-hydroxylation sites is 1. The molecule has 5 rings (SSSR count). The minimum atomic E-state index is -0.483. The lowest BCUT2D eigenvalue weighted by molar-refractivity contribution is -0.134. The summed E-state index contributed by atoms with van der Waals surface area (Å²) in [6, 6.07) is 25.8. The standard InChI is InChI=1S/C29H29N3O4/c1-35-24-13-11-23(12-14-24)30-15-17-31(18-16-30)28(33)21-36-29(34)26-20-32(19-22-7-3-2-4-8-22)27-10-6-5-9-25(26)27/h2-14,20H,15-19,21H2,1H3. The van der Waals surface area contributed by atoms with Crippen molar-refractivity contribution in [2.75, 3.05) is 44.8 Å². The number of nitrogens with zero attached hydrogens (tertiary/aromatic N) is 3. The van der Waals surface area contributed by atoms with E-state index in [2.05, 4.69) is 17.0 Å². The molecule has 0 aliphatic carbocycles. The first-order valence-corrected chi connectivity index (χ1v) is 12.1. The molecule has 7 nitrogen and oxygen atoms in total. The van der Waals surface area contributed by atoms with E-state index in [0.717, 1.165) is 41.0 Å². The number of hydrogen-bond donors (Lipinski definition) is 0. The second-order valence-corrected chi connectivity index (χ2v) is 8.82. The molecule has 1 saturated heterocycles. The van der Waals surface area contributed by atoms with Crippen molar-refractivity contribution in [2.45, 2.75) is 6.54 Å². The Kier molecular flexibility index (Phi) is 6.89. The van der Waals surface area contributed by atoms with Gasteiger partial charge >= 0.3 is 5.97 Å². The lowest BCUT2D eigenvalue weighted by Crippen LogP contribution is -2.49. The third kappa shape index (κ3) is 5.05. The van der Waals surface area contributed by atoms with Crippen LogP contribution in [0.2, 0.25) is 0 Å². The predicted molar refractivity (Wildman–Crippen MR) is 140 cm³/mol. The van der Waals surface area contributed by atoms with Gasteiger partial charge in [-0.3, -0.25) is 4.79 Å². The summed E-state index contributed by atoms with van der Waals surface area (Å²) in [4.78, 5) is 29.7. The van der Waals surface area contributed by atoms with Gasteiger partial charge in [0.25, 0.3) is 5.91 Å². The van der Waals surface area contributed by atoms with Gasteiger partial charge in [-0.15, -0.1) is 0 Å². The van der Waals surface area contributed by atoms with Crippen molar-refractivity contribution >= 4 is 28.5 Å². The van der Waals surface area contributed by atoms with Crippen LogP contribution in [0.5, 0.6) is 5.75 Å². The molecule has 7 heteroatoms. The van der Waals surface area contributed by atoms with E-state index in [1.807, 2.05) is 77.5 Å². The highest BCUT2D eigenvalue weighted by Crippen LogP contribution is 2.24. The SMILES string of the molecule is COc1ccc(N2CCN(C(=O)COC(=O)c3cn(Cc4ccccc4)c4ccccc34)CC2)cc1. The molecule has 1 amide bonds. The normalized spacial score (nSPS) is 13.6. The monoisotopic (exact) mass is 483 g/mol. The van der Waals surface area contributed by atoms with Gasteiger partial charge in [0.2, 0.25) is 0 Å². The van der Waals surface area contributed by atoms with Gasteiger partial charge in [-0.25, -0.2) is 4.79 Å². The number of methoxy groups -OCH3 is 1. The van der Waals surface area contributed by atoms with Crippen molar-refractivity contribution in [2.24, 2.45) is 0 Å². The van der Waals surface area contributed by atoms with Gasteiger partial charge in [0.15, 0.2) is 6.61 Å². The molecule has 0 radical (unpaired) electrons. The van der Waals surface area contributed by atoms with Gasteiger partial charge < -0.3 is 23.8 Å². The van der Waals surface area contributed by atoms with Crippen molar-refractivity contribution in [3.8, 4) is 5.75 Å². The van der Waals surface area contributed by atoms with E-state index in [-0.39, 0.29) is 12.5 Å². The Balaban J connectivity index is 1.19. The molecular weight excluding hydrogens is 454 g/mol. The molecule has 0 unspecified atom stereocenters. The Hall–Kier alpha value is -4.26. The van der Waals surface area contributed by atoms with E-state index in [1.165, 1.54) is 0 Å². The van der Waals surface area contributed by atoms with Crippen molar-refractivity contribution in [1.29, 1.82) is 0 Å². The number of benzene rings is 3. The molecule has 3 aromatic carbocycles. The molecular formula is C29H29N3O4. The molecule has 1 aliphatic rings. The number of ether oxygens (including phenoxy) is 2. The summed E-state index contributed by atoms with van der Waals surface area (Å²) >= 11 is 0. The maximum atomic E-state index is 13.0. The lowest BCUT2D eigenvalue weighted by Gasteiger charge is -2.36. The summed E-state index contributed by atoms with van der Waals surface area (Å²) in [5, 5.41) is 0.819. The number of carbonyl (C=O) groups is 2. The Morgan fingerprint density at radius 1 is 0.833 bits per heavy atom. The minimum absolute atomic E-state index is 0.175. The molecule has 4 aromatic rings. The molecule has 0 bridgehead atoms. The van der Waals surface area contributed by atoms with Crippen molar-refractivity contribution in [1.82, 2.24) is 9.47 Å². The molecule has 0 spiro atoms. The van der Waals surface area contributed by atoms with Gasteiger partial charge in [0.1, 0.15) is 5.75 Å². The Bertz CT molecular complexity index is 1340. The quantitative estimate of drug-likeness (QED) is 0.369. The van der Waals surface area contributed by atoms with Crippen LogP contribution in [-0.4, -0.2) is 61.2 Å². The van der Waals surface area contributed by atoms with E-state index in [9.17, 15) is 9.59 Å². The number of anilines is 1.